The summed E-state index contributed by atoms with van der Waals surface area (Å²) in [6.45, 7) is 4.41. The lowest BCUT2D eigenvalue weighted by Crippen LogP contribution is -2.31. The number of nitrogens with zero attached hydrogens (tertiary/aromatic N) is 2. The number of aromatic nitrogens is 1. The van der Waals surface area contributed by atoms with Crippen molar-refractivity contribution in [3.63, 3.8) is 0 Å². The number of aliphatic hydroxyl groups excluding tert-OH is 1. The highest BCUT2D eigenvalue weighted by molar-refractivity contribution is 7.09. The van der Waals surface area contributed by atoms with Gasteiger partial charge in [0.2, 0.25) is 0 Å². The first-order valence-electron chi connectivity index (χ1n) is 5.05. The number of rotatable bonds is 3. The molecule has 1 atom stereocenters. The van der Waals surface area contributed by atoms with Gasteiger partial charge in [-0.15, -0.1) is 11.3 Å². The van der Waals surface area contributed by atoms with E-state index in [9.17, 15) is 5.11 Å². The van der Waals surface area contributed by atoms with Crippen molar-refractivity contribution in [3.8, 4) is 0 Å². The molecule has 0 aromatic carbocycles. The Morgan fingerprint density at radius 3 is 3.21 bits per heavy atom. The Hall–Kier alpha value is -0.450. The van der Waals surface area contributed by atoms with Gasteiger partial charge in [-0.2, -0.15) is 0 Å². The van der Waals surface area contributed by atoms with Crippen LogP contribution in [0, 0.1) is 6.92 Å². The first-order chi connectivity index (χ1) is 6.81. The highest BCUT2D eigenvalue weighted by Crippen LogP contribution is 2.22. The van der Waals surface area contributed by atoms with Crippen LogP contribution in [0.2, 0.25) is 0 Å². The number of thiazole rings is 1. The van der Waals surface area contributed by atoms with Gasteiger partial charge < -0.3 is 5.11 Å². The Bertz CT molecular complexity index is 300. The number of hydrogen-bond acceptors (Lipinski definition) is 4. The van der Waals surface area contributed by atoms with Crippen LogP contribution in [0.1, 0.15) is 23.4 Å². The molecule has 1 aromatic heterocycles. The average Bonchev–Trinajstić information content (AvgIpc) is 2.77. The zero-order valence-electron chi connectivity index (χ0n) is 8.44. The van der Waals surface area contributed by atoms with Crippen molar-refractivity contribution in [3.05, 3.63) is 16.1 Å². The molecular formula is C10H16N2OS. The van der Waals surface area contributed by atoms with Crippen LogP contribution < -0.4 is 0 Å². The van der Waals surface area contributed by atoms with Crippen LogP contribution in [0.4, 0.5) is 0 Å². The van der Waals surface area contributed by atoms with Gasteiger partial charge in [0, 0.05) is 17.5 Å². The standard InChI is InChI=1S/C10H16N2OS/c1-8-10(14-7-11-8)5-12-4-2-3-9(12)6-13/h7,9,13H,2-6H2,1H3. The van der Waals surface area contributed by atoms with Gasteiger partial charge in [0.15, 0.2) is 0 Å². The third-order valence-corrected chi connectivity index (χ3v) is 3.82. The number of likely N-dealkylation sites (tertiary alicyclic amines) is 1. The van der Waals surface area contributed by atoms with E-state index in [0.29, 0.717) is 6.04 Å². The van der Waals surface area contributed by atoms with Gasteiger partial charge in [-0.05, 0) is 26.3 Å². The van der Waals surface area contributed by atoms with E-state index in [4.69, 9.17) is 0 Å². The molecule has 1 N–H and O–H groups in total. The summed E-state index contributed by atoms with van der Waals surface area (Å²) in [5.41, 5.74) is 3.04. The van der Waals surface area contributed by atoms with Gasteiger partial charge in [0.1, 0.15) is 0 Å². The van der Waals surface area contributed by atoms with Crippen molar-refractivity contribution in [2.45, 2.75) is 32.4 Å². The summed E-state index contributed by atoms with van der Waals surface area (Å²) in [4.78, 5) is 7.94. The van der Waals surface area contributed by atoms with E-state index in [-0.39, 0.29) is 6.61 Å². The molecule has 0 amide bonds. The summed E-state index contributed by atoms with van der Waals surface area (Å²) < 4.78 is 0. The van der Waals surface area contributed by atoms with Gasteiger partial charge in [-0.3, -0.25) is 4.90 Å². The SMILES string of the molecule is Cc1ncsc1CN1CCCC1CO. The molecule has 2 heterocycles. The Balaban J connectivity index is 2.00. The van der Waals surface area contributed by atoms with Crippen LogP contribution in [0.3, 0.4) is 0 Å². The van der Waals surface area contributed by atoms with E-state index in [1.807, 2.05) is 5.51 Å². The molecule has 14 heavy (non-hydrogen) atoms. The molecule has 0 bridgehead atoms. The van der Waals surface area contributed by atoms with Gasteiger partial charge in [0.05, 0.1) is 17.8 Å². The molecule has 1 fully saturated rings. The molecule has 2 rings (SSSR count). The van der Waals surface area contributed by atoms with Crippen LogP contribution in [0.5, 0.6) is 0 Å². The molecule has 3 nitrogen and oxygen atoms in total. The van der Waals surface area contributed by atoms with Crippen LogP contribution in [-0.2, 0) is 6.54 Å². The highest BCUT2D eigenvalue weighted by atomic mass is 32.1. The molecule has 1 saturated heterocycles. The minimum atomic E-state index is 0.290. The van der Waals surface area contributed by atoms with Crippen LogP contribution in [0.15, 0.2) is 5.51 Å². The Kier molecular flexibility index (Phi) is 3.15. The third-order valence-electron chi connectivity index (χ3n) is 2.90. The minimum absolute atomic E-state index is 0.290. The molecule has 0 saturated carbocycles. The molecule has 4 heteroatoms. The molecule has 1 aliphatic rings. The van der Waals surface area contributed by atoms with Gasteiger partial charge in [0.25, 0.3) is 0 Å². The summed E-state index contributed by atoms with van der Waals surface area (Å²) in [5, 5.41) is 9.18. The van der Waals surface area contributed by atoms with E-state index in [1.165, 1.54) is 11.3 Å². The van der Waals surface area contributed by atoms with Crippen molar-refractivity contribution >= 4 is 11.3 Å². The Morgan fingerprint density at radius 2 is 2.57 bits per heavy atom. The van der Waals surface area contributed by atoms with Crippen molar-refractivity contribution < 1.29 is 5.11 Å². The third kappa shape index (κ3) is 1.97. The predicted octanol–water partition coefficient (Wildman–Crippen LogP) is 1.41. The fourth-order valence-corrected chi connectivity index (χ4v) is 2.77. The smallest absolute Gasteiger partial charge is 0.0798 e. The van der Waals surface area contributed by atoms with E-state index in [2.05, 4.69) is 16.8 Å². The first kappa shape index (κ1) is 10.1. The van der Waals surface area contributed by atoms with Crippen LogP contribution in [-0.4, -0.2) is 34.2 Å². The maximum Gasteiger partial charge on any atom is 0.0798 e. The van der Waals surface area contributed by atoms with Crippen molar-refractivity contribution in [2.75, 3.05) is 13.2 Å². The summed E-state index contributed by atoms with van der Waals surface area (Å²) >= 11 is 1.71. The topological polar surface area (TPSA) is 36.4 Å². The summed E-state index contributed by atoms with van der Waals surface area (Å²) in [7, 11) is 0. The fourth-order valence-electron chi connectivity index (χ4n) is 1.97. The number of hydrogen-bond donors (Lipinski definition) is 1. The monoisotopic (exact) mass is 212 g/mol. The Morgan fingerprint density at radius 1 is 1.71 bits per heavy atom. The molecule has 0 radical (unpaired) electrons. The van der Waals surface area contributed by atoms with Crippen LogP contribution >= 0.6 is 11.3 Å². The Labute approximate surface area is 88.4 Å². The van der Waals surface area contributed by atoms with Crippen molar-refractivity contribution in [1.29, 1.82) is 0 Å². The lowest BCUT2D eigenvalue weighted by Gasteiger charge is -2.21. The number of aliphatic hydroxyl groups is 1. The summed E-state index contributed by atoms with van der Waals surface area (Å²) in [6, 6.07) is 0.372. The van der Waals surface area contributed by atoms with Gasteiger partial charge in [-0.1, -0.05) is 0 Å². The zero-order chi connectivity index (χ0) is 9.97. The highest BCUT2D eigenvalue weighted by Gasteiger charge is 2.24. The number of aryl methyl sites for hydroxylation is 1. The summed E-state index contributed by atoms with van der Waals surface area (Å²) in [6.07, 6.45) is 2.34. The second-order valence-electron chi connectivity index (χ2n) is 3.81. The normalized spacial score (nSPS) is 23.1. The van der Waals surface area contributed by atoms with Crippen molar-refractivity contribution in [2.24, 2.45) is 0 Å². The lowest BCUT2D eigenvalue weighted by atomic mass is 10.2. The average molecular weight is 212 g/mol. The molecule has 1 aromatic rings. The van der Waals surface area contributed by atoms with E-state index < -0.39 is 0 Å². The second kappa shape index (κ2) is 4.38. The maximum absolute atomic E-state index is 9.18. The maximum atomic E-state index is 9.18. The summed E-state index contributed by atoms with van der Waals surface area (Å²) in [5.74, 6) is 0. The molecular weight excluding hydrogens is 196 g/mol. The lowest BCUT2D eigenvalue weighted by molar-refractivity contribution is 0.154. The molecule has 78 valence electrons. The fraction of sp³-hybridized carbons (Fsp3) is 0.700. The van der Waals surface area contributed by atoms with Gasteiger partial charge >= 0.3 is 0 Å². The quantitative estimate of drug-likeness (QED) is 0.823. The molecule has 1 aliphatic heterocycles. The van der Waals surface area contributed by atoms with Crippen LogP contribution in [0.25, 0.3) is 0 Å². The largest absolute Gasteiger partial charge is 0.395 e. The zero-order valence-corrected chi connectivity index (χ0v) is 9.26. The van der Waals surface area contributed by atoms with Gasteiger partial charge in [-0.25, -0.2) is 4.98 Å². The molecule has 0 spiro atoms. The minimum Gasteiger partial charge on any atom is -0.395 e. The van der Waals surface area contributed by atoms with Crippen molar-refractivity contribution in [1.82, 2.24) is 9.88 Å². The van der Waals surface area contributed by atoms with E-state index in [1.54, 1.807) is 11.3 Å². The molecule has 0 aliphatic carbocycles. The van der Waals surface area contributed by atoms with E-state index in [0.717, 1.165) is 25.2 Å². The first-order valence-corrected chi connectivity index (χ1v) is 5.93. The molecule has 1 unspecified atom stereocenters. The second-order valence-corrected chi connectivity index (χ2v) is 4.75. The van der Waals surface area contributed by atoms with E-state index >= 15 is 0 Å². The predicted molar refractivity (Wildman–Crippen MR) is 57.4 cm³/mol.